The zero-order chi connectivity index (χ0) is 12.7. The van der Waals surface area contributed by atoms with E-state index in [-0.39, 0.29) is 6.61 Å². The maximum absolute atomic E-state index is 9.25. The van der Waals surface area contributed by atoms with Crippen LogP contribution in [0.2, 0.25) is 0 Å². The van der Waals surface area contributed by atoms with E-state index in [9.17, 15) is 5.11 Å². The first-order valence-corrected chi connectivity index (χ1v) is 6.30. The molecule has 0 aliphatic carbocycles. The van der Waals surface area contributed by atoms with E-state index in [1.807, 2.05) is 12.1 Å². The van der Waals surface area contributed by atoms with Crippen molar-refractivity contribution in [2.24, 2.45) is 5.92 Å². The molecule has 0 saturated heterocycles. The highest BCUT2D eigenvalue weighted by Crippen LogP contribution is 2.19. The predicted octanol–water partition coefficient (Wildman–Crippen LogP) is 2.45. The number of phenolic OH excluding ortho intramolecular Hbond substituents is 1. The summed E-state index contributed by atoms with van der Waals surface area (Å²) >= 11 is 0. The average molecular weight is 237 g/mol. The largest absolute Gasteiger partial charge is 0.508 e. The fourth-order valence-corrected chi connectivity index (χ4v) is 1.87. The Morgan fingerprint density at radius 2 is 1.88 bits per heavy atom. The number of aromatic hydroxyl groups is 1. The molecular formula is C14H23NO2. The molecule has 2 unspecified atom stereocenters. The molecule has 0 aromatic heterocycles. The van der Waals surface area contributed by atoms with Crippen LogP contribution in [0.15, 0.2) is 24.3 Å². The van der Waals surface area contributed by atoms with Gasteiger partial charge in [-0.2, -0.15) is 0 Å². The molecule has 1 aromatic rings. The van der Waals surface area contributed by atoms with Crippen LogP contribution >= 0.6 is 0 Å². The number of hydrogen-bond acceptors (Lipinski definition) is 3. The number of phenols is 1. The van der Waals surface area contributed by atoms with Gasteiger partial charge in [-0.15, -0.1) is 0 Å². The van der Waals surface area contributed by atoms with Crippen LogP contribution in [0.5, 0.6) is 5.75 Å². The molecule has 0 heterocycles. The lowest BCUT2D eigenvalue weighted by atomic mass is 10.0. The van der Waals surface area contributed by atoms with Gasteiger partial charge in [0.2, 0.25) is 0 Å². The van der Waals surface area contributed by atoms with E-state index in [1.165, 1.54) is 5.56 Å². The highest BCUT2D eigenvalue weighted by molar-refractivity contribution is 5.27. The van der Waals surface area contributed by atoms with Gasteiger partial charge >= 0.3 is 0 Å². The highest BCUT2D eigenvalue weighted by atomic mass is 16.3. The topological polar surface area (TPSA) is 52.5 Å². The van der Waals surface area contributed by atoms with Crippen molar-refractivity contribution >= 4 is 0 Å². The van der Waals surface area contributed by atoms with E-state index in [4.69, 9.17) is 5.11 Å². The number of rotatable bonds is 7. The van der Waals surface area contributed by atoms with Crippen molar-refractivity contribution < 1.29 is 10.2 Å². The van der Waals surface area contributed by atoms with Crippen molar-refractivity contribution in [1.82, 2.24) is 5.32 Å². The van der Waals surface area contributed by atoms with Crippen molar-refractivity contribution in [3.63, 3.8) is 0 Å². The van der Waals surface area contributed by atoms with Crippen LogP contribution in [0.4, 0.5) is 0 Å². The van der Waals surface area contributed by atoms with Crippen LogP contribution in [-0.4, -0.2) is 23.4 Å². The Morgan fingerprint density at radius 1 is 1.24 bits per heavy atom. The van der Waals surface area contributed by atoms with E-state index in [0.717, 1.165) is 19.4 Å². The minimum atomic E-state index is 0.249. The van der Waals surface area contributed by atoms with E-state index >= 15 is 0 Å². The fraction of sp³-hybridized carbons (Fsp3) is 0.571. The normalized spacial score (nSPS) is 14.5. The van der Waals surface area contributed by atoms with Crippen LogP contribution in [0.1, 0.15) is 38.3 Å². The molecule has 0 radical (unpaired) electrons. The summed E-state index contributed by atoms with van der Waals surface area (Å²) in [6.45, 7) is 5.42. The Kier molecular flexibility index (Phi) is 6.01. The van der Waals surface area contributed by atoms with E-state index in [0.29, 0.717) is 17.7 Å². The quantitative estimate of drug-likeness (QED) is 0.683. The van der Waals surface area contributed by atoms with Gasteiger partial charge in [-0.3, -0.25) is 0 Å². The maximum atomic E-state index is 9.25. The van der Waals surface area contributed by atoms with Crippen molar-refractivity contribution in [3.8, 4) is 5.75 Å². The second-order valence-corrected chi connectivity index (χ2v) is 4.58. The number of hydrogen-bond donors (Lipinski definition) is 3. The first-order chi connectivity index (χ1) is 8.17. The lowest BCUT2D eigenvalue weighted by Gasteiger charge is -2.20. The second-order valence-electron chi connectivity index (χ2n) is 4.58. The number of benzene rings is 1. The zero-order valence-corrected chi connectivity index (χ0v) is 10.7. The van der Waals surface area contributed by atoms with Gasteiger partial charge in [-0.05, 0) is 43.0 Å². The number of nitrogens with one attached hydrogen (secondary N) is 1. The Bertz CT molecular complexity index is 311. The number of aliphatic hydroxyl groups excluding tert-OH is 1. The summed E-state index contributed by atoms with van der Waals surface area (Å²) in [6.07, 6.45) is 1.84. The van der Waals surface area contributed by atoms with Crippen LogP contribution in [0.3, 0.4) is 0 Å². The zero-order valence-electron chi connectivity index (χ0n) is 10.7. The van der Waals surface area contributed by atoms with Crippen LogP contribution < -0.4 is 5.32 Å². The molecule has 1 aromatic carbocycles. The summed E-state index contributed by atoms with van der Waals surface area (Å²) in [5.74, 6) is 0.781. The molecule has 3 heteroatoms. The standard InChI is InChI=1S/C14H23NO2/c1-3-14(15-10-11(2)8-9-16)12-4-6-13(17)7-5-12/h4-7,11,14-17H,3,8-10H2,1-2H3. The minimum Gasteiger partial charge on any atom is -0.508 e. The summed E-state index contributed by atoms with van der Waals surface area (Å²) in [7, 11) is 0. The first-order valence-electron chi connectivity index (χ1n) is 6.30. The molecule has 0 fully saturated rings. The smallest absolute Gasteiger partial charge is 0.115 e. The monoisotopic (exact) mass is 237 g/mol. The molecule has 0 amide bonds. The van der Waals surface area contributed by atoms with Gasteiger partial charge in [0, 0.05) is 12.6 Å². The fourth-order valence-electron chi connectivity index (χ4n) is 1.87. The van der Waals surface area contributed by atoms with Gasteiger partial charge in [-0.25, -0.2) is 0 Å². The minimum absolute atomic E-state index is 0.249. The van der Waals surface area contributed by atoms with Crippen LogP contribution in [-0.2, 0) is 0 Å². The van der Waals surface area contributed by atoms with Crippen molar-refractivity contribution in [2.45, 2.75) is 32.7 Å². The van der Waals surface area contributed by atoms with Crippen molar-refractivity contribution in [3.05, 3.63) is 29.8 Å². The van der Waals surface area contributed by atoms with Gasteiger partial charge in [0.05, 0.1) is 0 Å². The third kappa shape index (κ3) is 4.75. The van der Waals surface area contributed by atoms with E-state index < -0.39 is 0 Å². The third-order valence-corrected chi connectivity index (χ3v) is 3.04. The molecule has 0 bridgehead atoms. The molecular weight excluding hydrogens is 214 g/mol. The SMILES string of the molecule is CCC(NCC(C)CCO)c1ccc(O)cc1. The summed E-state index contributed by atoms with van der Waals surface area (Å²) in [4.78, 5) is 0. The van der Waals surface area contributed by atoms with Gasteiger partial charge < -0.3 is 15.5 Å². The summed E-state index contributed by atoms with van der Waals surface area (Å²) in [5.41, 5.74) is 1.20. The van der Waals surface area contributed by atoms with Gasteiger partial charge in [0.25, 0.3) is 0 Å². The predicted molar refractivity (Wildman–Crippen MR) is 70.0 cm³/mol. The summed E-state index contributed by atoms with van der Waals surface area (Å²) in [6, 6.07) is 7.66. The molecule has 0 saturated carbocycles. The van der Waals surface area contributed by atoms with Gasteiger partial charge in [0.1, 0.15) is 5.75 Å². The third-order valence-electron chi connectivity index (χ3n) is 3.04. The Labute approximate surface area is 103 Å². The summed E-state index contributed by atoms with van der Waals surface area (Å²) < 4.78 is 0. The van der Waals surface area contributed by atoms with Crippen molar-refractivity contribution in [1.29, 1.82) is 0 Å². The molecule has 96 valence electrons. The van der Waals surface area contributed by atoms with Gasteiger partial charge in [-0.1, -0.05) is 26.0 Å². The van der Waals surface area contributed by atoms with Gasteiger partial charge in [0.15, 0.2) is 0 Å². The molecule has 1 rings (SSSR count). The lowest BCUT2D eigenvalue weighted by molar-refractivity contribution is 0.257. The molecule has 3 nitrogen and oxygen atoms in total. The number of aliphatic hydroxyl groups is 1. The molecule has 3 N–H and O–H groups in total. The molecule has 17 heavy (non-hydrogen) atoms. The molecule has 0 spiro atoms. The second kappa shape index (κ2) is 7.30. The molecule has 0 aliphatic rings. The van der Waals surface area contributed by atoms with Crippen LogP contribution in [0.25, 0.3) is 0 Å². The van der Waals surface area contributed by atoms with E-state index in [1.54, 1.807) is 12.1 Å². The van der Waals surface area contributed by atoms with Crippen LogP contribution in [0, 0.1) is 5.92 Å². The van der Waals surface area contributed by atoms with Crippen molar-refractivity contribution in [2.75, 3.05) is 13.2 Å². The average Bonchev–Trinajstić information content (AvgIpc) is 2.32. The first kappa shape index (κ1) is 14.0. The molecule has 2 atom stereocenters. The summed E-state index contributed by atoms with van der Waals surface area (Å²) in [5, 5.41) is 21.6. The highest BCUT2D eigenvalue weighted by Gasteiger charge is 2.10. The Balaban J connectivity index is 2.51. The Morgan fingerprint density at radius 3 is 2.41 bits per heavy atom. The maximum Gasteiger partial charge on any atom is 0.115 e. The Hall–Kier alpha value is -1.06. The van der Waals surface area contributed by atoms with E-state index in [2.05, 4.69) is 19.2 Å². The lowest BCUT2D eigenvalue weighted by Crippen LogP contribution is -2.26. The molecule has 0 aliphatic heterocycles.